The standard InChI is InChI=1S/C17H26N2O/c1-3-18-16-12-20-11-15(16)10-19-9-13(2)8-14-6-4-5-7-17(14)19/h4-7,13,15-16,18H,3,8-12H2,1-2H3. The van der Waals surface area contributed by atoms with Crippen molar-refractivity contribution in [2.45, 2.75) is 26.3 Å². The summed E-state index contributed by atoms with van der Waals surface area (Å²) in [6.45, 7) is 9.60. The van der Waals surface area contributed by atoms with Crippen LogP contribution >= 0.6 is 0 Å². The van der Waals surface area contributed by atoms with E-state index in [4.69, 9.17) is 4.74 Å². The van der Waals surface area contributed by atoms with Crippen LogP contribution in [0.2, 0.25) is 0 Å². The second-order valence-corrected chi connectivity index (χ2v) is 6.30. The van der Waals surface area contributed by atoms with E-state index in [9.17, 15) is 0 Å². The molecule has 1 fully saturated rings. The van der Waals surface area contributed by atoms with Crippen LogP contribution in [0.25, 0.3) is 0 Å². The maximum Gasteiger partial charge on any atom is 0.0624 e. The van der Waals surface area contributed by atoms with Gasteiger partial charge in [-0.25, -0.2) is 0 Å². The Morgan fingerprint density at radius 2 is 2.15 bits per heavy atom. The molecule has 3 heteroatoms. The Bertz CT molecular complexity index is 448. The van der Waals surface area contributed by atoms with E-state index in [2.05, 4.69) is 48.3 Å². The predicted molar refractivity (Wildman–Crippen MR) is 83.3 cm³/mol. The molecule has 0 aliphatic carbocycles. The van der Waals surface area contributed by atoms with Crippen LogP contribution in [0.1, 0.15) is 19.4 Å². The topological polar surface area (TPSA) is 24.5 Å². The summed E-state index contributed by atoms with van der Waals surface area (Å²) >= 11 is 0. The Morgan fingerprint density at radius 3 is 3.00 bits per heavy atom. The summed E-state index contributed by atoms with van der Waals surface area (Å²) < 4.78 is 5.69. The number of rotatable bonds is 4. The maximum absolute atomic E-state index is 5.69. The molecule has 0 bridgehead atoms. The molecule has 110 valence electrons. The fraction of sp³-hybridized carbons (Fsp3) is 0.647. The van der Waals surface area contributed by atoms with Gasteiger partial charge in [0.15, 0.2) is 0 Å². The van der Waals surface area contributed by atoms with Gasteiger partial charge in [0.2, 0.25) is 0 Å². The highest BCUT2D eigenvalue weighted by molar-refractivity contribution is 5.55. The van der Waals surface area contributed by atoms with Gasteiger partial charge in [-0.15, -0.1) is 0 Å². The first-order chi connectivity index (χ1) is 9.78. The largest absolute Gasteiger partial charge is 0.379 e. The molecule has 0 amide bonds. The monoisotopic (exact) mass is 274 g/mol. The molecular weight excluding hydrogens is 248 g/mol. The summed E-state index contributed by atoms with van der Waals surface area (Å²) in [6, 6.07) is 9.40. The van der Waals surface area contributed by atoms with Crippen molar-refractivity contribution in [1.29, 1.82) is 0 Å². The van der Waals surface area contributed by atoms with Crippen LogP contribution in [0.4, 0.5) is 5.69 Å². The molecule has 1 saturated heterocycles. The van der Waals surface area contributed by atoms with Gasteiger partial charge in [0.05, 0.1) is 13.2 Å². The molecule has 2 aliphatic rings. The number of likely N-dealkylation sites (N-methyl/N-ethyl adjacent to an activating group) is 1. The van der Waals surface area contributed by atoms with Crippen molar-refractivity contribution in [2.24, 2.45) is 11.8 Å². The molecule has 1 aromatic rings. The molecule has 3 nitrogen and oxygen atoms in total. The molecule has 3 atom stereocenters. The van der Waals surface area contributed by atoms with Gasteiger partial charge in [-0.2, -0.15) is 0 Å². The highest BCUT2D eigenvalue weighted by Gasteiger charge is 2.31. The van der Waals surface area contributed by atoms with Crippen LogP contribution < -0.4 is 10.2 Å². The van der Waals surface area contributed by atoms with Gasteiger partial charge in [0.25, 0.3) is 0 Å². The fourth-order valence-corrected chi connectivity index (χ4v) is 3.63. The molecular formula is C17H26N2O. The zero-order valence-electron chi connectivity index (χ0n) is 12.6. The number of fused-ring (bicyclic) bond motifs is 1. The average Bonchev–Trinajstić information content (AvgIpc) is 2.86. The number of benzene rings is 1. The molecule has 1 N–H and O–H groups in total. The lowest BCUT2D eigenvalue weighted by Gasteiger charge is -2.37. The Hall–Kier alpha value is -1.06. The molecule has 3 rings (SSSR count). The molecule has 0 radical (unpaired) electrons. The Morgan fingerprint density at radius 1 is 1.30 bits per heavy atom. The summed E-state index contributed by atoms with van der Waals surface area (Å²) in [6.07, 6.45) is 1.21. The Labute approximate surface area is 122 Å². The molecule has 0 aromatic heterocycles. The molecule has 0 saturated carbocycles. The van der Waals surface area contributed by atoms with Crippen LogP contribution in [0.15, 0.2) is 24.3 Å². The number of ether oxygens (including phenoxy) is 1. The van der Waals surface area contributed by atoms with E-state index in [0.29, 0.717) is 12.0 Å². The van der Waals surface area contributed by atoms with Crippen molar-refractivity contribution in [3.05, 3.63) is 29.8 Å². The Kier molecular flexibility index (Phi) is 4.27. The SMILES string of the molecule is CCNC1COCC1CN1CC(C)Cc2ccccc21. The third-order valence-electron chi connectivity index (χ3n) is 4.55. The van der Waals surface area contributed by atoms with Crippen molar-refractivity contribution >= 4 is 5.69 Å². The smallest absolute Gasteiger partial charge is 0.0624 e. The lowest BCUT2D eigenvalue weighted by molar-refractivity contribution is 0.183. The van der Waals surface area contributed by atoms with Crippen molar-refractivity contribution in [3.8, 4) is 0 Å². The van der Waals surface area contributed by atoms with E-state index >= 15 is 0 Å². The van der Waals surface area contributed by atoms with Gasteiger partial charge in [-0.05, 0) is 30.5 Å². The van der Waals surface area contributed by atoms with Crippen LogP contribution in [-0.4, -0.2) is 38.9 Å². The summed E-state index contributed by atoms with van der Waals surface area (Å²) in [7, 11) is 0. The lowest BCUT2D eigenvalue weighted by atomic mass is 9.92. The fourth-order valence-electron chi connectivity index (χ4n) is 3.63. The summed E-state index contributed by atoms with van der Waals surface area (Å²) in [5.74, 6) is 1.35. The van der Waals surface area contributed by atoms with E-state index in [1.807, 2.05) is 0 Å². The van der Waals surface area contributed by atoms with Crippen molar-refractivity contribution < 1.29 is 4.74 Å². The molecule has 20 heavy (non-hydrogen) atoms. The van der Waals surface area contributed by atoms with Gasteiger partial charge in [0, 0.05) is 30.7 Å². The van der Waals surface area contributed by atoms with E-state index in [0.717, 1.165) is 32.2 Å². The highest BCUT2D eigenvalue weighted by Crippen LogP contribution is 2.31. The normalized spacial score (nSPS) is 29.5. The molecule has 2 aliphatic heterocycles. The van der Waals surface area contributed by atoms with Crippen LogP contribution in [0.5, 0.6) is 0 Å². The number of para-hydroxylation sites is 1. The minimum absolute atomic E-state index is 0.518. The first-order valence-electron chi connectivity index (χ1n) is 7.92. The minimum Gasteiger partial charge on any atom is -0.379 e. The summed E-state index contributed by atoms with van der Waals surface area (Å²) in [5.41, 5.74) is 2.94. The highest BCUT2D eigenvalue weighted by atomic mass is 16.5. The first-order valence-corrected chi connectivity index (χ1v) is 7.92. The Balaban J connectivity index is 1.74. The van der Waals surface area contributed by atoms with Crippen molar-refractivity contribution in [1.82, 2.24) is 5.32 Å². The van der Waals surface area contributed by atoms with Crippen molar-refractivity contribution in [3.63, 3.8) is 0 Å². The van der Waals surface area contributed by atoms with E-state index in [-0.39, 0.29) is 0 Å². The molecule has 3 unspecified atom stereocenters. The van der Waals surface area contributed by atoms with Crippen molar-refractivity contribution in [2.75, 3.05) is 37.7 Å². The van der Waals surface area contributed by atoms with E-state index < -0.39 is 0 Å². The van der Waals surface area contributed by atoms with Gasteiger partial charge in [0.1, 0.15) is 0 Å². The number of hydrogen-bond donors (Lipinski definition) is 1. The first kappa shape index (κ1) is 13.9. The number of nitrogens with zero attached hydrogens (tertiary/aromatic N) is 1. The summed E-state index contributed by atoms with van der Waals surface area (Å²) in [4.78, 5) is 2.58. The van der Waals surface area contributed by atoms with Crippen LogP contribution in [0.3, 0.4) is 0 Å². The lowest BCUT2D eigenvalue weighted by Crippen LogP contribution is -2.44. The third kappa shape index (κ3) is 2.84. The molecule has 1 aromatic carbocycles. The average molecular weight is 274 g/mol. The number of anilines is 1. The predicted octanol–water partition coefficient (Wildman–Crippen LogP) is 2.31. The molecule has 2 heterocycles. The zero-order valence-corrected chi connectivity index (χ0v) is 12.6. The van der Waals surface area contributed by atoms with E-state index in [1.54, 1.807) is 0 Å². The minimum atomic E-state index is 0.518. The van der Waals surface area contributed by atoms with Crippen LogP contribution in [0, 0.1) is 11.8 Å². The maximum atomic E-state index is 5.69. The van der Waals surface area contributed by atoms with Gasteiger partial charge >= 0.3 is 0 Å². The molecule has 0 spiro atoms. The quantitative estimate of drug-likeness (QED) is 0.912. The third-order valence-corrected chi connectivity index (χ3v) is 4.55. The van der Waals surface area contributed by atoms with Gasteiger partial charge < -0.3 is 15.0 Å². The van der Waals surface area contributed by atoms with Gasteiger partial charge in [-0.3, -0.25) is 0 Å². The van der Waals surface area contributed by atoms with E-state index in [1.165, 1.54) is 24.2 Å². The summed E-state index contributed by atoms with van der Waals surface area (Å²) in [5, 5.41) is 3.57. The van der Waals surface area contributed by atoms with Crippen LogP contribution in [-0.2, 0) is 11.2 Å². The zero-order chi connectivity index (χ0) is 13.9. The van der Waals surface area contributed by atoms with Gasteiger partial charge in [-0.1, -0.05) is 32.0 Å². The number of hydrogen-bond acceptors (Lipinski definition) is 3. The number of nitrogens with one attached hydrogen (secondary N) is 1. The second-order valence-electron chi connectivity index (χ2n) is 6.30. The second kappa shape index (κ2) is 6.15.